The summed E-state index contributed by atoms with van der Waals surface area (Å²) in [6, 6.07) is 10.0. The molecule has 0 fully saturated rings. The van der Waals surface area contributed by atoms with E-state index in [1.54, 1.807) is 75.5 Å². The Morgan fingerprint density at radius 1 is 0.563 bits per heavy atom. The Balaban J connectivity index is -0.000000314. The van der Waals surface area contributed by atoms with Crippen LogP contribution in [0.15, 0.2) is 60.2 Å². The number of hydrogen-bond acceptors (Lipinski definition) is 17. The fourth-order valence-corrected chi connectivity index (χ4v) is 8.26. The van der Waals surface area contributed by atoms with Crippen LogP contribution in [0, 0.1) is 35.5 Å². The van der Waals surface area contributed by atoms with Gasteiger partial charge in [-0.3, -0.25) is 57.7 Å². The van der Waals surface area contributed by atoms with Crippen LogP contribution in [0.2, 0.25) is 0 Å². The van der Waals surface area contributed by atoms with Crippen LogP contribution in [0.5, 0.6) is 0 Å². The molecule has 0 saturated heterocycles. The molecule has 2 aliphatic rings. The van der Waals surface area contributed by atoms with Crippen molar-refractivity contribution in [2.45, 2.75) is 166 Å². The highest BCUT2D eigenvalue weighted by molar-refractivity contribution is 7.59. The highest BCUT2D eigenvalue weighted by atomic mass is 35.5. The number of nitrogens with one attached hydrogen (secondary N) is 1. The number of fused-ring (bicyclic) bond motifs is 2. The van der Waals surface area contributed by atoms with Crippen LogP contribution in [0.25, 0.3) is 0 Å². The van der Waals surface area contributed by atoms with Crippen LogP contribution < -0.4 is 11.1 Å². The molecule has 2 aromatic rings. The van der Waals surface area contributed by atoms with Gasteiger partial charge in [-0.1, -0.05) is 106 Å². The summed E-state index contributed by atoms with van der Waals surface area (Å²) in [5, 5.41) is 27.8. The first-order valence-electron chi connectivity index (χ1n) is 27.9. The SMILES string of the molecule is CC(C)CC(C(=O)Cl)N1C(=O)c2ccccc2C1=O.CC(C)CC(C(=O)O)N1C(=O)c2ccccc2C1=O.CC(C)C[C@H](N)C(=O)O.CCOC(=O)CC(=O)O.CCOC(=O)CC(=O)[C@H](CC(C)C)NC.COC(=O)/C=C(/C)[C@@H](C)CC(C)C.S.S.S. The number of carbonyl (C=O) groups is 12. The van der Waals surface area contributed by atoms with E-state index in [9.17, 15) is 62.6 Å². The lowest BCUT2D eigenvalue weighted by Crippen LogP contribution is -2.45. The zero-order chi connectivity index (χ0) is 65.3. The number of halogens is 1. The Kier molecular flexibility index (Phi) is 48.4. The average molecular weight is 1310 g/mol. The second-order valence-electron chi connectivity index (χ2n) is 21.8. The maximum Gasteiger partial charge on any atom is 0.330 e. The van der Waals surface area contributed by atoms with Gasteiger partial charge in [0.2, 0.25) is 5.24 Å². The van der Waals surface area contributed by atoms with Gasteiger partial charge >= 0.3 is 35.8 Å². The zero-order valence-electron chi connectivity index (χ0n) is 53.1. The van der Waals surface area contributed by atoms with Crippen molar-refractivity contribution in [2.24, 2.45) is 41.2 Å². The lowest BCUT2D eigenvalue weighted by molar-refractivity contribution is -0.151. The molecular formula is C61H97ClN4O18S3. The Morgan fingerprint density at radius 2 is 0.908 bits per heavy atom. The Labute approximate surface area is 539 Å². The third kappa shape index (κ3) is 34.9. The van der Waals surface area contributed by atoms with Crippen molar-refractivity contribution >= 4 is 123 Å². The molecule has 0 aliphatic carbocycles. The van der Waals surface area contributed by atoms with E-state index in [1.807, 2.05) is 62.3 Å². The minimum absolute atomic E-state index is 0. The molecule has 5 atom stereocenters. The van der Waals surface area contributed by atoms with E-state index in [-0.39, 0.29) is 101 Å². The summed E-state index contributed by atoms with van der Waals surface area (Å²) in [5.41, 5.74) is 7.54. The number of amides is 4. The van der Waals surface area contributed by atoms with Gasteiger partial charge in [0.05, 0.1) is 48.6 Å². The molecule has 2 aromatic carbocycles. The molecule has 26 heteroatoms. The predicted octanol–water partition coefficient (Wildman–Crippen LogP) is 8.98. The van der Waals surface area contributed by atoms with Gasteiger partial charge in [-0.05, 0) is 131 Å². The second-order valence-corrected chi connectivity index (χ2v) is 22.2. The van der Waals surface area contributed by atoms with Gasteiger partial charge in [-0.2, -0.15) is 40.5 Å². The number of benzene rings is 2. The normalized spacial score (nSPS) is 13.6. The standard InChI is InChI=1S/C14H14ClNO3.C14H15NO4.C11H21NO3.C11H20O2.C6H13NO2.C5H8O4.3H2S/c1-8(2)7-11(12(15)17)16-13(18)9-5-3-4-6-10(9)14(16)19;1-8(2)7-11(14(18)19)15-12(16)9-5-3-4-6-10(9)13(15)17;1-5-15-11(14)7-10(13)9(12-4)6-8(2)3;1-8(2)6-9(3)10(4)7-11(12)13-5;1-4(2)3-5(7)6(8)9;1-2-9-5(8)3-4(6)7;;;/h3-6,8,11H,7H2,1-2H3;3-6,8,11H,7H2,1-2H3,(H,18,19);8-9,12H,5-7H2,1-4H3;7-9H,6H2,1-5H3;4-5H,3,7H2,1-2H3,(H,8,9);2-3H2,1H3,(H,6,7);3*1H2/b;;;10-7-;;;;;/t;;2*9-;5-;;;;/m..000..../s1. The predicted molar refractivity (Wildman–Crippen MR) is 347 cm³/mol. The van der Waals surface area contributed by atoms with E-state index < -0.39 is 83.3 Å². The van der Waals surface area contributed by atoms with Crippen molar-refractivity contribution < 1.29 is 87.1 Å². The van der Waals surface area contributed by atoms with Crippen molar-refractivity contribution in [2.75, 3.05) is 27.4 Å². The van der Waals surface area contributed by atoms with Crippen molar-refractivity contribution in [1.82, 2.24) is 15.1 Å². The minimum atomic E-state index is -1.16. The molecule has 0 aromatic heterocycles. The maximum atomic E-state index is 12.2. The number of allylic oxidation sites excluding steroid dienone is 1. The molecule has 2 heterocycles. The number of Topliss-reactive ketones (excluding diaryl/α,β-unsaturated/α-hetero) is 1. The summed E-state index contributed by atoms with van der Waals surface area (Å²) in [7, 11) is 3.13. The van der Waals surface area contributed by atoms with Gasteiger partial charge in [0.15, 0.2) is 5.78 Å². The van der Waals surface area contributed by atoms with E-state index in [4.69, 9.17) is 32.3 Å². The molecule has 2 unspecified atom stereocenters. The number of rotatable bonds is 25. The number of carboxylic acids is 3. The summed E-state index contributed by atoms with van der Waals surface area (Å²) in [6.45, 7) is 27.9. The second kappa shape index (κ2) is 47.0. The number of carbonyl (C=O) groups excluding carboxylic acids is 9. The van der Waals surface area contributed by atoms with Crippen LogP contribution >= 0.6 is 52.1 Å². The first-order valence-corrected chi connectivity index (χ1v) is 28.3. The number of ketones is 1. The van der Waals surface area contributed by atoms with Crippen LogP contribution in [0.3, 0.4) is 0 Å². The molecule has 22 nitrogen and oxygen atoms in total. The fourth-order valence-electron chi connectivity index (χ4n) is 8.07. The molecule has 494 valence electrons. The molecular weight excluding hydrogens is 1210 g/mol. The summed E-state index contributed by atoms with van der Waals surface area (Å²) >= 11 is 5.56. The molecule has 0 bridgehead atoms. The Bertz CT molecular complexity index is 2410. The molecule has 0 radical (unpaired) electrons. The number of ether oxygens (including phenoxy) is 3. The average Bonchev–Trinajstić information content (AvgIpc) is 2.40. The Hall–Kier alpha value is -6.12. The van der Waals surface area contributed by atoms with Gasteiger partial charge in [-0.25, -0.2) is 9.59 Å². The lowest BCUT2D eigenvalue weighted by Gasteiger charge is -2.24. The van der Waals surface area contributed by atoms with Gasteiger partial charge < -0.3 is 40.6 Å². The number of imide groups is 2. The van der Waals surface area contributed by atoms with Gasteiger partial charge in [0.1, 0.15) is 31.0 Å². The highest BCUT2D eigenvalue weighted by Gasteiger charge is 2.44. The molecule has 0 spiro atoms. The summed E-state index contributed by atoms with van der Waals surface area (Å²) in [6.07, 6.45) is 3.92. The minimum Gasteiger partial charge on any atom is -0.481 e. The van der Waals surface area contributed by atoms with E-state index in [0.29, 0.717) is 54.2 Å². The third-order valence-corrected chi connectivity index (χ3v) is 12.3. The summed E-state index contributed by atoms with van der Waals surface area (Å²) in [5.74, 6) is -4.50. The number of nitrogens with zero attached hydrogens (tertiary/aromatic N) is 2. The number of hydrogen-bond donors (Lipinski definition) is 5. The number of methoxy groups -OCH3 is 1. The van der Waals surface area contributed by atoms with Crippen LogP contribution in [0.4, 0.5) is 0 Å². The number of esters is 3. The van der Waals surface area contributed by atoms with Crippen LogP contribution in [-0.2, 0) is 52.6 Å². The van der Waals surface area contributed by atoms with E-state index in [1.165, 1.54) is 7.11 Å². The topological polar surface area (TPSA) is 338 Å². The maximum absolute atomic E-state index is 12.2. The van der Waals surface area contributed by atoms with Gasteiger partial charge in [0.25, 0.3) is 23.6 Å². The first-order chi connectivity index (χ1) is 39.0. The zero-order valence-corrected chi connectivity index (χ0v) is 56.9. The Morgan fingerprint density at radius 3 is 1.18 bits per heavy atom. The lowest BCUT2D eigenvalue weighted by atomic mass is 9.92. The van der Waals surface area contributed by atoms with E-state index in [0.717, 1.165) is 28.2 Å². The van der Waals surface area contributed by atoms with Crippen LogP contribution in [-0.4, -0.2) is 147 Å². The fraction of sp³-hybridized carbons (Fsp3) is 0.574. The van der Waals surface area contributed by atoms with Crippen molar-refractivity contribution in [3.8, 4) is 0 Å². The van der Waals surface area contributed by atoms with Gasteiger partial charge in [-0.15, -0.1) is 0 Å². The van der Waals surface area contributed by atoms with Crippen molar-refractivity contribution in [3.05, 3.63) is 82.4 Å². The molecule has 0 saturated carbocycles. The van der Waals surface area contributed by atoms with Crippen LogP contribution in [0.1, 0.15) is 183 Å². The molecule has 2 aliphatic heterocycles. The van der Waals surface area contributed by atoms with Crippen molar-refractivity contribution in [1.29, 1.82) is 0 Å². The molecule has 6 N–H and O–H groups in total. The highest BCUT2D eigenvalue weighted by Crippen LogP contribution is 2.29. The number of carboxylic acid groups (broad SMARTS) is 3. The summed E-state index contributed by atoms with van der Waals surface area (Å²) < 4.78 is 13.6. The van der Waals surface area contributed by atoms with E-state index in [2.05, 4.69) is 35.6 Å². The smallest absolute Gasteiger partial charge is 0.330 e. The third-order valence-electron chi connectivity index (χ3n) is 12.1. The molecule has 4 rings (SSSR count). The van der Waals surface area contributed by atoms with E-state index >= 15 is 0 Å². The molecule has 4 amide bonds. The first kappa shape index (κ1) is 89.6. The van der Waals surface area contributed by atoms with Crippen molar-refractivity contribution in [3.63, 3.8) is 0 Å². The van der Waals surface area contributed by atoms with Gasteiger partial charge in [0, 0.05) is 6.08 Å². The molecule has 87 heavy (non-hydrogen) atoms. The largest absolute Gasteiger partial charge is 0.481 e. The quantitative estimate of drug-likeness (QED) is 0.0154. The number of nitrogens with two attached hydrogens (primary N) is 1. The summed E-state index contributed by atoms with van der Waals surface area (Å²) in [4.78, 5) is 137. The monoisotopic (exact) mass is 1300 g/mol. The number of likely N-dealkylation sites (N-methyl/N-ethyl adjacent to an activating group) is 1. The number of aliphatic carboxylic acids is 3.